The predicted octanol–water partition coefficient (Wildman–Crippen LogP) is 22.0. The SMILES string of the molecule is CC(C)CCCCCCCCCCCCCCCCCC(=O)O[C@H](COC(=O)CCCCCCCCCCCCCCCC(C)C)COP(=O)(O)OCC(O)COP(=O)(O)OC[C@@H](COC(=O)CCCCCCCCCC(C)C)OC(=O)CCCCCCCCCCC(C)C. The number of phosphoric ester groups is 2. The standard InChI is InChI=1S/C76H148O17P2/c1-66(2)52-44-36-28-21-17-13-10-9-11-15-20-24-33-42-50-58-75(80)92-71(62-86-73(78)56-48-40-32-23-19-16-12-14-18-22-29-37-45-53-67(3)4)64-90-94(82,83)88-60-70(77)61-89-95(84,85)91-65-72(63-87-74(79)57-49-41-35-27-31-39-47-55-69(7)8)93-76(81)59-51-43-34-26-25-30-38-46-54-68(5)6/h66-72,77H,9-65H2,1-8H3,(H,82,83)(H,84,85)/t70?,71-,72-/m1/s1. The van der Waals surface area contributed by atoms with Crippen LogP contribution in [0.25, 0.3) is 0 Å². The van der Waals surface area contributed by atoms with E-state index in [0.29, 0.717) is 31.6 Å². The van der Waals surface area contributed by atoms with Crippen LogP contribution in [-0.4, -0.2) is 96.7 Å². The van der Waals surface area contributed by atoms with Gasteiger partial charge < -0.3 is 33.8 Å². The number of aliphatic hydroxyl groups is 1. The second-order valence-corrected chi connectivity index (χ2v) is 32.2. The van der Waals surface area contributed by atoms with Crippen molar-refractivity contribution >= 4 is 39.5 Å². The Morgan fingerprint density at radius 2 is 0.442 bits per heavy atom. The Labute approximate surface area is 581 Å². The fourth-order valence-corrected chi connectivity index (χ4v) is 13.1. The molecule has 0 bridgehead atoms. The number of hydrogen-bond donors (Lipinski definition) is 3. The summed E-state index contributed by atoms with van der Waals surface area (Å²) in [5.41, 5.74) is 0. The van der Waals surface area contributed by atoms with Crippen molar-refractivity contribution in [3.8, 4) is 0 Å². The third kappa shape index (κ3) is 70.3. The van der Waals surface area contributed by atoms with Crippen LogP contribution in [0.5, 0.6) is 0 Å². The van der Waals surface area contributed by atoms with Gasteiger partial charge in [0.05, 0.1) is 26.4 Å². The molecule has 0 aromatic rings. The number of ether oxygens (including phenoxy) is 4. The highest BCUT2D eigenvalue weighted by Crippen LogP contribution is 2.45. The molecule has 0 aromatic heterocycles. The number of aliphatic hydroxyl groups excluding tert-OH is 1. The molecule has 0 aliphatic heterocycles. The molecule has 0 rings (SSSR count). The zero-order valence-electron chi connectivity index (χ0n) is 62.3. The van der Waals surface area contributed by atoms with Crippen LogP contribution >= 0.6 is 15.6 Å². The van der Waals surface area contributed by atoms with E-state index in [1.807, 2.05) is 0 Å². The largest absolute Gasteiger partial charge is 0.472 e. The van der Waals surface area contributed by atoms with E-state index in [2.05, 4.69) is 55.4 Å². The molecule has 0 spiro atoms. The quantitative estimate of drug-likeness (QED) is 0.0222. The van der Waals surface area contributed by atoms with Crippen molar-refractivity contribution in [2.75, 3.05) is 39.6 Å². The normalized spacial score (nSPS) is 14.1. The zero-order valence-corrected chi connectivity index (χ0v) is 64.1. The number of esters is 4. The summed E-state index contributed by atoms with van der Waals surface area (Å²) in [4.78, 5) is 72.8. The lowest BCUT2D eigenvalue weighted by Gasteiger charge is -2.21. The van der Waals surface area contributed by atoms with E-state index >= 15 is 0 Å². The molecule has 95 heavy (non-hydrogen) atoms. The van der Waals surface area contributed by atoms with Gasteiger partial charge >= 0.3 is 39.5 Å². The van der Waals surface area contributed by atoms with Crippen LogP contribution in [0.1, 0.15) is 383 Å². The molecule has 0 heterocycles. The van der Waals surface area contributed by atoms with Crippen LogP contribution in [0.15, 0.2) is 0 Å². The number of hydrogen-bond acceptors (Lipinski definition) is 15. The lowest BCUT2D eigenvalue weighted by molar-refractivity contribution is -0.161. The molecule has 0 radical (unpaired) electrons. The van der Waals surface area contributed by atoms with Gasteiger partial charge in [0.25, 0.3) is 0 Å². The van der Waals surface area contributed by atoms with Crippen molar-refractivity contribution in [1.29, 1.82) is 0 Å². The first-order valence-electron chi connectivity index (χ1n) is 39.2. The number of carbonyl (C=O) groups excluding carboxylic acids is 4. The number of rotatable bonds is 73. The third-order valence-corrected chi connectivity index (χ3v) is 19.5. The molecule has 564 valence electrons. The average Bonchev–Trinajstić information content (AvgIpc) is 3.73. The summed E-state index contributed by atoms with van der Waals surface area (Å²) in [7, 11) is -9.91. The van der Waals surface area contributed by atoms with Gasteiger partial charge in [-0.1, -0.05) is 331 Å². The van der Waals surface area contributed by atoms with Gasteiger partial charge in [-0.05, 0) is 49.4 Å². The van der Waals surface area contributed by atoms with Gasteiger partial charge in [0, 0.05) is 25.7 Å². The average molecular weight is 1400 g/mol. The molecule has 0 amide bonds. The summed E-state index contributed by atoms with van der Waals surface area (Å²) in [5.74, 6) is 0.894. The Hall–Kier alpha value is -1.94. The fraction of sp³-hybridized carbons (Fsp3) is 0.947. The highest BCUT2D eigenvalue weighted by atomic mass is 31.2. The lowest BCUT2D eigenvalue weighted by Crippen LogP contribution is -2.30. The van der Waals surface area contributed by atoms with Crippen LogP contribution < -0.4 is 0 Å². The minimum absolute atomic E-state index is 0.103. The van der Waals surface area contributed by atoms with Gasteiger partial charge in [0.15, 0.2) is 12.2 Å². The number of phosphoric acid groups is 2. The molecule has 0 saturated carbocycles. The molecule has 0 aliphatic rings. The smallest absolute Gasteiger partial charge is 0.462 e. The van der Waals surface area contributed by atoms with Crippen LogP contribution in [0.4, 0.5) is 0 Å². The first kappa shape index (κ1) is 93.1. The summed E-state index contributed by atoms with van der Waals surface area (Å²) in [5, 5.41) is 10.6. The van der Waals surface area contributed by atoms with E-state index in [4.69, 9.17) is 37.0 Å². The van der Waals surface area contributed by atoms with E-state index < -0.39 is 97.5 Å². The second-order valence-electron chi connectivity index (χ2n) is 29.3. The molecule has 0 aliphatic carbocycles. The summed E-state index contributed by atoms with van der Waals surface area (Å²) >= 11 is 0. The Morgan fingerprint density at radius 1 is 0.263 bits per heavy atom. The van der Waals surface area contributed by atoms with Crippen LogP contribution in [0, 0.1) is 23.7 Å². The van der Waals surface area contributed by atoms with E-state index in [0.717, 1.165) is 114 Å². The van der Waals surface area contributed by atoms with Crippen LogP contribution in [0.2, 0.25) is 0 Å². The van der Waals surface area contributed by atoms with E-state index in [1.165, 1.54) is 180 Å². The molecule has 3 N–H and O–H groups in total. The predicted molar refractivity (Wildman–Crippen MR) is 386 cm³/mol. The lowest BCUT2D eigenvalue weighted by atomic mass is 10.0. The molecule has 5 atom stereocenters. The molecule has 3 unspecified atom stereocenters. The van der Waals surface area contributed by atoms with Crippen LogP contribution in [-0.2, 0) is 65.4 Å². The minimum atomic E-state index is -4.96. The molecule has 17 nitrogen and oxygen atoms in total. The molecule has 0 saturated heterocycles. The first-order valence-corrected chi connectivity index (χ1v) is 42.2. The topological polar surface area (TPSA) is 237 Å². The highest BCUT2D eigenvalue weighted by Gasteiger charge is 2.30. The maximum atomic E-state index is 13.1. The Morgan fingerprint density at radius 3 is 0.653 bits per heavy atom. The van der Waals surface area contributed by atoms with Gasteiger partial charge in [-0.3, -0.25) is 37.3 Å². The molecular formula is C76H148O17P2. The van der Waals surface area contributed by atoms with Gasteiger partial charge in [0.2, 0.25) is 0 Å². The van der Waals surface area contributed by atoms with Crippen molar-refractivity contribution in [2.45, 2.75) is 401 Å². The van der Waals surface area contributed by atoms with Gasteiger partial charge in [-0.2, -0.15) is 0 Å². The van der Waals surface area contributed by atoms with Gasteiger partial charge in [-0.25, -0.2) is 9.13 Å². The van der Waals surface area contributed by atoms with Gasteiger partial charge in [0.1, 0.15) is 19.3 Å². The maximum Gasteiger partial charge on any atom is 0.472 e. The summed E-state index contributed by atoms with van der Waals surface area (Å²) in [6.07, 6.45) is 50.1. The second kappa shape index (κ2) is 65.4. The highest BCUT2D eigenvalue weighted by molar-refractivity contribution is 7.47. The Balaban J connectivity index is 5.24. The minimum Gasteiger partial charge on any atom is -0.462 e. The third-order valence-electron chi connectivity index (χ3n) is 17.6. The Kier molecular flexibility index (Phi) is 64.0. The maximum absolute atomic E-state index is 13.1. The summed E-state index contributed by atoms with van der Waals surface area (Å²) < 4.78 is 68.5. The number of unbranched alkanes of at least 4 members (excludes halogenated alkanes) is 39. The van der Waals surface area contributed by atoms with E-state index in [9.17, 15) is 43.2 Å². The van der Waals surface area contributed by atoms with Crippen molar-refractivity contribution in [3.05, 3.63) is 0 Å². The van der Waals surface area contributed by atoms with Crippen molar-refractivity contribution < 1.29 is 80.2 Å². The van der Waals surface area contributed by atoms with E-state index in [1.54, 1.807) is 0 Å². The molecular weight excluding hydrogens is 1250 g/mol. The molecule has 0 fully saturated rings. The first-order chi connectivity index (χ1) is 45.6. The van der Waals surface area contributed by atoms with E-state index in [-0.39, 0.29) is 25.7 Å². The van der Waals surface area contributed by atoms with Crippen molar-refractivity contribution in [3.63, 3.8) is 0 Å². The summed E-state index contributed by atoms with van der Waals surface area (Å²) in [6, 6.07) is 0. The van der Waals surface area contributed by atoms with Crippen molar-refractivity contribution in [1.82, 2.24) is 0 Å². The Bertz CT molecular complexity index is 1870. The zero-order chi connectivity index (χ0) is 70.3. The fourth-order valence-electron chi connectivity index (χ4n) is 11.6. The molecule has 0 aromatic carbocycles. The van der Waals surface area contributed by atoms with Crippen LogP contribution in [0.3, 0.4) is 0 Å². The monoisotopic (exact) mass is 1400 g/mol. The summed E-state index contributed by atoms with van der Waals surface area (Å²) in [6.45, 7) is 14.1. The number of carbonyl (C=O) groups is 4. The van der Waals surface area contributed by atoms with Gasteiger partial charge in [-0.15, -0.1) is 0 Å². The van der Waals surface area contributed by atoms with Crippen molar-refractivity contribution in [2.24, 2.45) is 23.7 Å². The molecule has 19 heteroatoms.